The molecule has 0 radical (unpaired) electrons. The van der Waals surface area contributed by atoms with Crippen LogP contribution in [0.15, 0.2) is 42.7 Å². The highest BCUT2D eigenvalue weighted by atomic mass is 16.5. The van der Waals surface area contributed by atoms with Crippen LogP contribution in [0, 0.1) is 11.3 Å². The van der Waals surface area contributed by atoms with Crippen LogP contribution in [0.4, 0.5) is 11.5 Å². The summed E-state index contributed by atoms with van der Waals surface area (Å²) in [5.74, 6) is 1.96. The summed E-state index contributed by atoms with van der Waals surface area (Å²) < 4.78 is 11.3. The second-order valence-corrected chi connectivity index (χ2v) is 5.22. The van der Waals surface area contributed by atoms with Crippen molar-refractivity contribution in [2.24, 2.45) is 0 Å². The van der Waals surface area contributed by atoms with E-state index in [0.717, 1.165) is 16.6 Å². The maximum atomic E-state index is 9.04. The molecular weight excluding hydrogens is 316 g/mol. The van der Waals surface area contributed by atoms with E-state index in [9.17, 15) is 0 Å². The molecule has 25 heavy (non-hydrogen) atoms. The van der Waals surface area contributed by atoms with E-state index in [4.69, 9.17) is 14.7 Å². The van der Waals surface area contributed by atoms with Gasteiger partial charge in [-0.05, 0) is 38.1 Å². The highest BCUT2D eigenvalue weighted by Gasteiger charge is 2.12. The van der Waals surface area contributed by atoms with Gasteiger partial charge in [0.1, 0.15) is 12.1 Å². The molecule has 0 amide bonds. The first-order valence-electron chi connectivity index (χ1n) is 8.06. The summed E-state index contributed by atoms with van der Waals surface area (Å²) >= 11 is 0. The standard InChI is InChI=1S/C19H18N4O2/c1-3-24-17-9-15-16(10-18(17)25-4-2)21-12-22-19(15)23-14-7-5-6-13(8-14)11-20/h5-10,12H,3-4H2,1-2H3,(H,21,22,23). The smallest absolute Gasteiger partial charge is 0.163 e. The van der Waals surface area contributed by atoms with Crippen LogP contribution in [0.3, 0.4) is 0 Å². The minimum Gasteiger partial charge on any atom is -0.490 e. The first-order chi connectivity index (χ1) is 12.2. The first-order valence-corrected chi connectivity index (χ1v) is 8.06. The molecular formula is C19H18N4O2. The molecule has 3 rings (SSSR count). The summed E-state index contributed by atoms with van der Waals surface area (Å²) in [6, 6.07) is 13.1. The Kier molecular flexibility index (Phi) is 4.95. The van der Waals surface area contributed by atoms with Crippen molar-refractivity contribution in [2.75, 3.05) is 18.5 Å². The number of rotatable bonds is 6. The Balaban J connectivity index is 2.06. The molecule has 1 N–H and O–H groups in total. The molecule has 1 heterocycles. The fourth-order valence-electron chi connectivity index (χ4n) is 2.50. The SMILES string of the molecule is CCOc1cc2ncnc(Nc3cccc(C#N)c3)c2cc1OCC. The van der Waals surface area contributed by atoms with Crippen LogP contribution in [-0.4, -0.2) is 23.2 Å². The van der Waals surface area contributed by atoms with Crippen molar-refractivity contribution >= 4 is 22.4 Å². The molecule has 0 saturated carbocycles. The molecule has 3 aromatic rings. The highest BCUT2D eigenvalue weighted by molar-refractivity contribution is 5.93. The van der Waals surface area contributed by atoms with E-state index in [1.165, 1.54) is 6.33 Å². The minimum absolute atomic E-state index is 0.534. The largest absolute Gasteiger partial charge is 0.490 e. The lowest BCUT2D eigenvalue weighted by Crippen LogP contribution is -2.01. The normalized spacial score (nSPS) is 10.3. The van der Waals surface area contributed by atoms with E-state index >= 15 is 0 Å². The summed E-state index contributed by atoms with van der Waals surface area (Å²) in [4.78, 5) is 8.66. The number of nitriles is 1. The second kappa shape index (κ2) is 7.49. The van der Waals surface area contributed by atoms with E-state index in [1.807, 2.05) is 38.1 Å². The Morgan fingerprint density at radius 3 is 2.52 bits per heavy atom. The van der Waals surface area contributed by atoms with Gasteiger partial charge in [0.05, 0.1) is 30.4 Å². The van der Waals surface area contributed by atoms with Crippen LogP contribution in [0.1, 0.15) is 19.4 Å². The highest BCUT2D eigenvalue weighted by Crippen LogP contribution is 2.35. The Morgan fingerprint density at radius 2 is 1.80 bits per heavy atom. The number of fused-ring (bicyclic) bond motifs is 1. The lowest BCUT2D eigenvalue weighted by atomic mass is 10.2. The third-order valence-electron chi connectivity index (χ3n) is 3.55. The zero-order chi connectivity index (χ0) is 17.6. The molecule has 1 aromatic heterocycles. The van der Waals surface area contributed by atoms with Crippen LogP contribution in [0.2, 0.25) is 0 Å². The molecule has 0 aliphatic heterocycles. The number of ether oxygens (including phenoxy) is 2. The molecule has 0 aliphatic rings. The van der Waals surface area contributed by atoms with Crippen molar-refractivity contribution in [3.05, 3.63) is 48.3 Å². The monoisotopic (exact) mass is 334 g/mol. The third kappa shape index (κ3) is 3.61. The maximum Gasteiger partial charge on any atom is 0.163 e. The zero-order valence-electron chi connectivity index (χ0n) is 14.1. The van der Waals surface area contributed by atoms with Gasteiger partial charge in [-0.25, -0.2) is 9.97 Å². The van der Waals surface area contributed by atoms with E-state index in [0.29, 0.717) is 36.1 Å². The average Bonchev–Trinajstić information content (AvgIpc) is 2.63. The van der Waals surface area contributed by atoms with Gasteiger partial charge in [-0.15, -0.1) is 0 Å². The van der Waals surface area contributed by atoms with Gasteiger partial charge in [-0.3, -0.25) is 0 Å². The van der Waals surface area contributed by atoms with E-state index in [-0.39, 0.29) is 0 Å². The van der Waals surface area contributed by atoms with Crippen molar-refractivity contribution in [3.63, 3.8) is 0 Å². The fourth-order valence-corrected chi connectivity index (χ4v) is 2.50. The number of nitrogens with zero attached hydrogens (tertiary/aromatic N) is 3. The molecule has 126 valence electrons. The third-order valence-corrected chi connectivity index (χ3v) is 3.55. The van der Waals surface area contributed by atoms with Crippen molar-refractivity contribution in [1.29, 1.82) is 5.26 Å². The summed E-state index contributed by atoms with van der Waals surface area (Å²) in [5, 5.41) is 13.1. The van der Waals surface area contributed by atoms with E-state index < -0.39 is 0 Å². The predicted molar refractivity (Wildman–Crippen MR) is 96.3 cm³/mol. The van der Waals surface area contributed by atoms with E-state index in [1.54, 1.807) is 12.1 Å². The molecule has 0 atom stereocenters. The van der Waals surface area contributed by atoms with E-state index in [2.05, 4.69) is 21.4 Å². The van der Waals surface area contributed by atoms with Gasteiger partial charge in [-0.2, -0.15) is 5.26 Å². The summed E-state index contributed by atoms with van der Waals surface area (Å²) in [7, 11) is 0. The summed E-state index contributed by atoms with van der Waals surface area (Å²) in [5.41, 5.74) is 2.11. The van der Waals surface area contributed by atoms with Crippen LogP contribution in [0.5, 0.6) is 11.5 Å². The van der Waals surface area contributed by atoms with Gasteiger partial charge in [0, 0.05) is 17.1 Å². The van der Waals surface area contributed by atoms with Crippen LogP contribution in [-0.2, 0) is 0 Å². The Hall–Kier alpha value is -3.33. The minimum atomic E-state index is 0.534. The number of nitrogens with one attached hydrogen (secondary N) is 1. The van der Waals surface area contributed by atoms with Gasteiger partial charge in [-0.1, -0.05) is 6.07 Å². The number of hydrogen-bond acceptors (Lipinski definition) is 6. The summed E-state index contributed by atoms with van der Waals surface area (Å²) in [6.45, 7) is 4.93. The molecule has 6 heteroatoms. The summed E-state index contributed by atoms with van der Waals surface area (Å²) in [6.07, 6.45) is 1.49. The van der Waals surface area contributed by atoms with Crippen molar-refractivity contribution in [1.82, 2.24) is 9.97 Å². The molecule has 6 nitrogen and oxygen atoms in total. The van der Waals surface area contributed by atoms with Gasteiger partial charge >= 0.3 is 0 Å². The van der Waals surface area contributed by atoms with Gasteiger partial charge in [0.15, 0.2) is 11.5 Å². The lowest BCUT2D eigenvalue weighted by molar-refractivity contribution is 0.288. The predicted octanol–water partition coefficient (Wildman–Crippen LogP) is 4.04. The second-order valence-electron chi connectivity index (χ2n) is 5.22. The number of aromatic nitrogens is 2. The first kappa shape index (κ1) is 16.5. The quantitative estimate of drug-likeness (QED) is 0.733. The topological polar surface area (TPSA) is 80.1 Å². The van der Waals surface area contributed by atoms with Crippen LogP contribution >= 0.6 is 0 Å². The molecule has 0 spiro atoms. The zero-order valence-corrected chi connectivity index (χ0v) is 14.1. The lowest BCUT2D eigenvalue weighted by Gasteiger charge is -2.14. The number of benzene rings is 2. The maximum absolute atomic E-state index is 9.04. The Labute approximate surface area is 146 Å². The van der Waals surface area contributed by atoms with Gasteiger partial charge in [0.2, 0.25) is 0 Å². The molecule has 0 unspecified atom stereocenters. The van der Waals surface area contributed by atoms with Gasteiger partial charge in [0.25, 0.3) is 0 Å². The average molecular weight is 334 g/mol. The fraction of sp³-hybridized carbons (Fsp3) is 0.211. The number of hydrogen-bond donors (Lipinski definition) is 1. The molecule has 2 aromatic carbocycles. The van der Waals surface area contributed by atoms with Crippen LogP contribution in [0.25, 0.3) is 10.9 Å². The Morgan fingerprint density at radius 1 is 1.04 bits per heavy atom. The molecule has 0 aliphatic carbocycles. The molecule has 0 bridgehead atoms. The van der Waals surface area contributed by atoms with Crippen molar-refractivity contribution in [2.45, 2.75) is 13.8 Å². The molecule has 0 fully saturated rings. The van der Waals surface area contributed by atoms with Gasteiger partial charge < -0.3 is 14.8 Å². The van der Waals surface area contributed by atoms with Crippen molar-refractivity contribution in [3.8, 4) is 17.6 Å². The number of anilines is 2. The molecule has 0 saturated heterocycles. The van der Waals surface area contributed by atoms with Crippen LogP contribution < -0.4 is 14.8 Å². The van der Waals surface area contributed by atoms with Crippen molar-refractivity contribution < 1.29 is 9.47 Å². The Bertz CT molecular complexity index is 934.